The van der Waals surface area contributed by atoms with E-state index in [0.29, 0.717) is 12.8 Å². The van der Waals surface area contributed by atoms with Gasteiger partial charge >= 0.3 is 12.1 Å². The monoisotopic (exact) mass is 303 g/mol. The van der Waals surface area contributed by atoms with Crippen LogP contribution in [-0.4, -0.2) is 18.2 Å². The number of halogens is 3. The van der Waals surface area contributed by atoms with E-state index in [1.54, 1.807) is 30.3 Å². The molecule has 3 nitrogen and oxygen atoms in total. The van der Waals surface area contributed by atoms with Crippen LogP contribution in [-0.2, 0) is 16.1 Å². The molecule has 1 rings (SSSR count). The van der Waals surface area contributed by atoms with Crippen molar-refractivity contribution in [3.63, 3.8) is 0 Å². The predicted molar refractivity (Wildman–Crippen MR) is 73.3 cm³/mol. The molecule has 0 aromatic heterocycles. The Morgan fingerprint density at radius 3 is 2.43 bits per heavy atom. The zero-order chi connectivity index (χ0) is 15.9. The second-order valence-corrected chi connectivity index (χ2v) is 4.91. The summed E-state index contributed by atoms with van der Waals surface area (Å²) in [6, 6.07) is 6.61. The van der Waals surface area contributed by atoms with E-state index >= 15 is 0 Å². The van der Waals surface area contributed by atoms with Crippen molar-refractivity contribution in [2.45, 2.75) is 45.0 Å². The van der Waals surface area contributed by atoms with Gasteiger partial charge in [-0.15, -0.1) is 0 Å². The van der Waals surface area contributed by atoms with Gasteiger partial charge in [-0.25, -0.2) is 0 Å². The lowest BCUT2D eigenvalue weighted by Gasteiger charge is -2.24. The lowest BCUT2D eigenvalue weighted by atomic mass is 9.94. The van der Waals surface area contributed by atoms with Crippen molar-refractivity contribution >= 4 is 5.97 Å². The van der Waals surface area contributed by atoms with Gasteiger partial charge in [0.05, 0.1) is 5.92 Å². The summed E-state index contributed by atoms with van der Waals surface area (Å²) in [6.07, 6.45) is -3.35. The van der Waals surface area contributed by atoms with Crippen molar-refractivity contribution in [2.75, 3.05) is 0 Å². The van der Waals surface area contributed by atoms with E-state index in [1.807, 2.05) is 6.92 Å². The molecule has 0 fully saturated rings. The Balaban J connectivity index is 2.66. The summed E-state index contributed by atoms with van der Waals surface area (Å²) in [4.78, 5) is 11.9. The van der Waals surface area contributed by atoms with Gasteiger partial charge in [-0.2, -0.15) is 13.2 Å². The van der Waals surface area contributed by atoms with Crippen molar-refractivity contribution < 1.29 is 22.7 Å². The van der Waals surface area contributed by atoms with Gasteiger partial charge in [-0.1, -0.05) is 50.1 Å². The van der Waals surface area contributed by atoms with E-state index in [2.05, 4.69) is 0 Å². The van der Waals surface area contributed by atoms with Crippen LogP contribution in [0, 0.1) is 5.92 Å². The number of esters is 1. The average molecular weight is 303 g/mol. The van der Waals surface area contributed by atoms with Crippen LogP contribution < -0.4 is 5.73 Å². The van der Waals surface area contributed by atoms with Crippen molar-refractivity contribution in [2.24, 2.45) is 11.7 Å². The van der Waals surface area contributed by atoms with E-state index in [4.69, 9.17) is 10.5 Å². The second-order valence-electron chi connectivity index (χ2n) is 4.91. The van der Waals surface area contributed by atoms with E-state index < -0.39 is 24.1 Å². The molecule has 21 heavy (non-hydrogen) atoms. The number of unbranched alkanes of at least 4 members (excludes halogenated alkanes) is 1. The number of alkyl halides is 3. The second kappa shape index (κ2) is 8.02. The number of benzene rings is 1. The third kappa shape index (κ3) is 5.75. The Kier molecular flexibility index (Phi) is 6.68. The molecule has 0 heterocycles. The van der Waals surface area contributed by atoms with Crippen LogP contribution in [0.15, 0.2) is 30.3 Å². The molecule has 1 aromatic rings. The highest BCUT2D eigenvalue weighted by molar-refractivity contribution is 5.73. The molecule has 118 valence electrons. The van der Waals surface area contributed by atoms with Crippen LogP contribution >= 0.6 is 0 Å². The Labute approximate surface area is 122 Å². The Bertz CT molecular complexity index is 434. The highest BCUT2D eigenvalue weighted by Crippen LogP contribution is 2.28. The lowest BCUT2D eigenvalue weighted by Crippen LogP contribution is -2.47. The van der Waals surface area contributed by atoms with Crippen molar-refractivity contribution in [3.05, 3.63) is 35.9 Å². The normalized spacial score (nSPS) is 14.5. The van der Waals surface area contributed by atoms with Gasteiger partial charge in [0.15, 0.2) is 0 Å². The first-order chi connectivity index (χ1) is 9.86. The summed E-state index contributed by atoms with van der Waals surface area (Å²) in [5.74, 6) is -2.24. The van der Waals surface area contributed by atoms with Gasteiger partial charge in [0, 0.05) is 0 Å². The molecule has 2 N–H and O–H groups in total. The summed E-state index contributed by atoms with van der Waals surface area (Å²) >= 11 is 0. The van der Waals surface area contributed by atoms with Crippen LogP contribution in [0.4, 0.5) is 13.2 Å². The standard InChI is InChI=1S/C15H20F3NO2/c1-2-3-9-12(13(19)15(16,17)18)14(20)21-10-11-7-5-4-6-8-11/h4-8,12-13H,2-3,9-10,19H2,1H3/t12-,13-/m0/s1. The zero-order valence-electron chi connectivity index (χ0n) is 11.9. The molecule has 1 aromatic carbocycles. The smallest absolute Gasteiger partial charge is 0.404 e. The van der Waals surface area contributed by atoms with E-state index in [1.165, 1.54) is 0 Å². The van der Waals surface area contributed by atoms with Gasteiger partial charge in [0.25, 0.3) is 0 Å². The first kappa shape index (κ1) is 17.5. The number of carbonyl (C=O) groups is 1. The fourth-order valence-corrected chi connectivity index (χ4v) is 1.93. The summed E-state index contributed by atoms with van der Waals surface area (Å²) < 4.78 is 43.1. The topological polar surface area (TPSA) is 52.3 Å². The quantitative estimate of drug-likeness (QED) is 0.785. The van der Waals surface area contributed by atoms with Crippen LogP contribution in [0.2, 0.25) is 0 Å². The Hall–Kier alpha value is -1.56. The number of hydrogen-bond acceptors (Lipinski definition) is 3. The maximum Gasteiger partial charge on any atom is 0.404 e. The van der Waals surface area contributed by atoms with Gasteiger partial charge in [0.2, 0.25) is 0 Å². The minimum Gasteiger partial charge on any atom is -0.461 e. The molecule has 0 radical (unpaired) electrons. The number of ether oxygens (including phenoxy) is 1. The van der Waals surface area contributed by atoms with Gasteiger partial charge in [-0.3, -0.25) is 4.79 Å². The molecular weight excluding hydrogens is 283 g/mol. The Morgan fingerprint density at radius 1 is 1.29 bits per heavy atom. The third-order valence-electron chi connectivity index (χ3n) is 3.21. The van der Waals surface area contributed by atoms with E-state index in [-0.39, 0.29) is 13.0 Å². The first-order valence-corrected chi connectivity index (χ1v) is 6.89. The summed E-state index contributed by atoms with van der Waals surface area (Å²) in [5.41, 5.74) is 5.90. The SMILES string of the molecule is CCCC[C@H](C(=O)OCc1ccccc1)[C@H](N)C(F)(F)F. The molecule has 0 saturated heterocycles. The number of carbonyl (C=O) groups excluding carboxylic acids is 1. The number of hydrogen-bond donors (Lipinski definition) is 1. The maximum absolute atomic E-state index is 12.7. The number of nitrogens with two attached hydrogens (primary N) is 1. The molecule has 2 atom stereocenters. The molecule has 0 amide bonds. The summed E-state index contributed by atoms with van der Waals surface area (Å²) in [6.45, 7) is 1.79. The molecule has 0 aliphatic carbocycles. The van der Waals surface area contributed by atoms with E-state index in [0.717, 1.165) is 5.56 Å². The molecule has 0 bridgehead atoms. The van der Waals surface area contributed by atoms with Crippen LogP contribution in [0.1, 0.15) is 31.7 Å². The third-order valence-corrected chi connectivity index (χ3v) is 3.21. The molecule has 0 unspecified atom stereocenters. The van der Waals surface area contributed by atoms with Crippen molar-refractivity contribution in [1.82, 2.24) is 0 Å². The fraction of sp³-hybridized carbons (Fsp3) is 0.533. The molecule has 0 aliphatic rings. The largest absolute Gasteiger partial charge is 0.461 e. The van der Waals surface area contributed by atoms with Crippen molar-refractivity contribution in [3.8, 4) is 0 Å². The van der Waals surface area contributed by atoms with Gasteiger partial charge in [0.1, 0.15) is 12.6 Å². The molecule has 0 aliphatic heterocycles. The van der Waals surface area contributed by atoms with Crippen molar-refractivity contribution in [1.29, 1.82) is 0 Å². The predicted octanol–water partition coefficient (Wildman–Crippen LogP) is 3.43. The lowest BCUT2D eigenvalue weighted by molar-refractivity contribution is -0.177. The minimum atomic E-state index is -4.61. The highest BCUT2D eigenvalue weighted by Gasteiger charge is 2.45. The summed E-state index contributed by atoms with van der Waals surface area (Å²) in [5, 5.41) is 0. The molecular formula is C15H20F3NO2. The number of rotatable bonds is 7. The first-order valence-electron chi connectivity index (χ1n) is 6.89. The van der Waals surface area contributed by atoms with Crippen LogP contribution in [0.25, 0.3) is 0 Å². The highest BCUT2D eigenvalue weighted by atomic mass is 19.4. The summed E-state index contributed by atoms with van der Waals surface area (Å²) in [7, 11) is 0. The fourth-order valence-electron chi connectivity index (χ4n) is 1.93. The van der Waals surface area contributed by atoms with Crippen LogP contribution in [0.5, 0.6) is 0 Å². The Morgan fingerprint density at radius 2 is 1.90 bits per heavy atom. The van der Waals surface area contributed by atoms with Crippen LogP contribution in [0.3, 0.4) is 0 Å². The molecule has 0 spiro atoms. The minimum absolute atomic E-state index is 0.0487. The average Bonchev–Trinajstić information content (AvgIpc) is 2.45. The molecule has 0 saturated carbocycles. The van der Waals surface area contributed by atoms with Gasteiger partial charge < -0.3 is 10.5 Å². The van der Waals surface area contributed by atoms with Gasteiger partial charge in [-0.05, 0) is 12.0 Å². The molecule has 6 heteroatoms. The van der Waals surface area contributed by atoms with E-state index in [9.17, 15) is 18.0 Å². The zero-order valence-corrected chi connectivity index (χ0v) is 11.9. The maximum atomic E-state index is 12.7.